The van der Waals surface area contributed by atoms with Crippen molar-refractivity contribution in [3.05, 3.63) is 35.2 Å². The highest BCUT2D eigenvalue weighted by atomic mass is 15.2. The SMILES string of the molecule is Cc1cc(C)c(-c2ncn(C(C)(C)C)c2N)c(C)c1. The van der Waals surface area contributed by atoms with Crippen LogP contribution in [0.3, 0.4) is 0 Å². The first-order valence-corrected chi connectivity index (χ1v) is 6.63. The van der Waals surface area contributed by atoms with Crippen molar-refractivity contribution in [2.24, 2.45) is 0 Å². The summed E-state index contributed by atoms with van der Waals surface area (Å²) in [4.78, 5) is 4.54. The van der Waals surface area contributed by atoms with Crippen molar-refractivity contribution in [1.82, 2.24) is 9.55 Å². The number of benzene rings is 1. The molecule has 0 bridgehead atoms. The molecule has 0 aliphatic carbocycles. The predicted molar refractivity (Wildman–Crippen MR) is 81.3 cm³/mol. The molecule has 0 unspecified atom stereocenters. The van der Waals surface area contributed by atoms with E-state index in [9.17, 15) is 0 Å². The molecule has 2 aromatic rings. The van der Waals surface area contributed by atoms with Crippen LogP contribution in [0.15, 0.2) is 18.5 Å². The molecule has 0 aliphatic heterocycles. The fourth-order valence-corrected chi connectivity index (χ4v) is 2.64. The topological polar surface area (TPSA) is 43.8 Å². The highest BCUT2D eigenvalue weighted by Gasteiger charge is 2.21. The summed E-state index contributed by atoms with van der Waals surface area (Å²) in [7, 11) is 0. The van der Waals surface area contributed by atoms with E-state index in [0.29, 0.717) is 0 Å². The lowest BCUT2D eigenvalue weighted by Crippen LogP contribution is -2.22. The van der Waals surface area contributed by atoms with Crippen LogP contribution in [-0.4, -0.2) is 9.55 Å². The number of aryl methyl sites for hydroxylation is 3. The van der Waals surface area contributed by atoms with Gasteiger partial charge < -0.3 is 10.3 Å². The Balaban J connectivity index is 2.65. The summed E-state index contributed by atoms with van der Waals surface area (Å²) in [5.74, 6) is 0.738. The lowest BCUT2D eigenvalue weighted by atomic mass is 9.97. The van der Waals surface area contributed by atoms with Crippen molar-refractivity contribution in [2.75, 3.05) is 5.73 Å². The minimum Gasteiger partial charge on any atom is -0.383 e. The van der Waals surface area contributed by atoms with Crippen molar-refractivity contribution < 1.29 is 0 Å². The predicted octanol–water partition coefficient (Wildman–Crippen LogP) is 3.81. The van der Waals surface area contributed by atoms with Crippen molar-refractivity contribution in [3.63, 3.8) is 0 Å². The van der Waals surface area contributed by atoms with Crippen LogP contribution < -0.4 is 5.73 Å². The largest absolute Gasteiger partial charge is 0.383 e. The van der Waals surface area contributed by atoms with Crippen molar-refractivity contribution in [2.45, 2.75) is 47.1 Å². The third kappa shape index (κ3) is 2.37. The van der Waals surface area contributed by atoms with Crippen molar-refractivity contribution in [1.29, 1.82) is 0 Å². The van der Waals surface area contributed by atoms with Crippen LogP contribution in [0.1, 0.15) is 37.5 Å². The van der Waals surface area contributed by atoms with E-state index in [4.69, 9.17) is 5.73 Å². The van der Waals surface area contributed by atoms with Gasteiger partial charge in [-0.05, 0) is 52.7 Å². The van der Waals surface area contributed by atoms with E-state index >= 15 is 0 Å². The maximum atomic E-state index is 6.30. The Labute approximate surface area is 115 Å². The van der Waals surface area contributed by atoms with Gasteiger partial charge in [-0.2, -0.15) is 0 Å². The first-order chi connectivity index (χ1) is 8.71. The van der Waals surface area contributed by atoms with Gasteiger partial charge in [-0.1, -0.05) is 17.7 Å². The molecular formula is C16H23N3. The molecule has 2 N–H and O–H groups in total. The second-order valence-corrected chi connectivity index (χ2v) is 6.29. The average molecular weight is 257 g/mol. The maximum absolute atomic E-state index is 6.30. The Bertz CT molecular complexity index is 592. The summed E-state index contributed by atoms with van der Waals surface area (Å²) < 4.78 is 2.03. The molecule has 0 fully saturated rings. The summed E-state index contributed by atoms with van der Waals surface area (Å²) in [6, 6.07) is 4.36. The number of rotatable bonds is 1. The Hall–Kier alpha value is -1.77. The lowest BCUT2D eigenvalue weighted by molar-refractivity contribution is 0.402. The standard InChI is InChI=1S/C16H23N3/c1-10-7-11(2)13(12(3)8-10)14-15(17)19(9-18-14)16(4,5)6/h7-9H,17H2,1-6H3. The van der Waals surface area contributed by atoms with Gasteiger partial charge in [-0.25, -0.2) is 4.98 Å². The normalized spacial score (nSPS) is 11.9. The van der Waals surface area contributed by atoms with E-state index < -0.39 is 0 Å². The zero-order valence-corrected chi connectivity index (χ0v) is 12.7. The molecule has 1 heterocycles. The Kier molecular flexibility index (Phi) is 3.17. The molecule has 0 saturated carbocycles. The Morgan fingerprint density at radius 1 is 1.05 bits per heavy atom. The van der Waals surface area contributed by atoms with Gasteiger partial charge in [0.15, 0.2) is 0 Å². The molecule has 0 spiro atoms. The number of aromatic nitrogens is 2. The number of nitrogens with zero attached hydrogens (tertiary/aromatic N) is 2. The van der Waals surface area contributed by atoms with Gasteiger partial charge in [0.1, 0.15) is 11.5 Å². The van der Waals surface area contributed by atoms with Crippen LogP contribution in [0, 0.1) is 20.8 Å². The van der Waals surface area contributed by atoms with Crippen LogP contribution in [0.25, 0.3) is 11.3 Å². The van der Waals surface area contributed by atoms with Gasteiger partial charge >= 0.3 is 0 Å². The zero-order valence-electron chi connectivity index (χ0n) is 12.7. The summed E-state index contributed by atoms with van der Waals surface area (Å²) >= 11 is 0. The highest BCUT2D eigenvalue weighted by Crippen LogP contribution is 2.33. The molecule has 3 heteroatoms. The van der Waals surface area contributed by atoms with Crippen LogP contribution in [0.2, 0.25) is 0 Å². The van der Waals surface area contributed by atoms with E-state index in [2.05, 4.69) is 58.7 Å². The number of anilines is 1. The second kappa shape index (κ2) is 4.41. The molecule has 3 nitrogen and oxygen atoms in total. The molecule has 1 aromatic heterocycles. The van der Waals surface area contributed by atoms with Gasteiger partial charge in [0, 0.05) is 11.1 Å². The van der Waals surface area contributed by atoms with Gasteiger partial charge in [-0.15, -0.1) is 0 Å². The molecular weight excluding hydrogens is 234 g/mol. The second-order valence-electron chi connectivity index (χ2n) is 6.29. The monoisotopic (exact) mass is 257 g/mol. The molecule has 0 saturated heterocycles. The molecule has 0 atom stereocenters. The number of hydrogen-bond acceptors (Lipinski definition) is 2. The Morgan fingerprint density at radius 2 is 1.58 bits per heavy atom. The van der Waals surface area contributed by atoms with E-state index in [1.54, 1.807) is 0 Å². The van der Waals surface area contributed by atoms with Crippen molar-refractivity contribution >= 4 is 5.82 Å². The van der Waals surface area contributed by atoms with Crippen LogP contribution >= 0.6 is 0 Å². The third-order valence-electron chi connectivity index (χ3n) is 3.44. The van der Waals surface area contributed by atoms with E-state index in [1.807, 2.05) is 10.9 Å². The van der Waals surface area contributed by atoms with Crippen LogP contribution in [-0.2, 0) is 5.54 Å². The molecule has 102 valence electrons. The molecule has 0 aliphatic rings. The molecule has 2 rings (SSSR count). The van der Waals surface area contributed by atoms with Crippen LogP contribution in [0.4, 0.5) is 5.82 Å². The lowest BCUT2D eigenvalue weighted by Gasteiger charge is -2.22. The van der Waals surface area contributed by atoms with Crippen LogP contribution in [0.5, 0.6) is 0 Å². The van der Waals surface area contributed by atoms with Crippen molar-refractivity contribution in [3.8, 4) is 11.3 Å². The number of hydrogen-bond donors (Lipinski definition) is 1. The Morgan fingerprint density at radius 3 is 2.00 bits per heavy atom. The first kappa shape index (κ1) is 13.7. The van der Waals surface area contributed by atoms with E-state index in [-0.39, 0.29) is 5.54 Å². The summed E-state index contributed by atoms with van der Waals surface area (Å²) in [6.07, 6.45) is 1.84. The maximum Gasteiger partial charge on any atom is 0.132 e. The van der Waals surface area contributed by atoms with E-state index in [0.717, 1.165) is 17.1 Å². The zero-order chi connectivity index (χ0) is 14.4. The fourth-order valence-electron chi connectivity index (χ4n) is 2.64. The van der Waals surface area contributed by atoms with Gasteiger partial charge in [-0.3, -0.25) is 0 Å². The minimum absolute atomic E-state index is 0.0537. The van der Waals surface area contributed by atoms with Gasteiger partial charge in [0.05, 0.1) is 6.33 Å². The van der Waals surface area contributed by atoms with Gasteiger partial charge in [0.25, 0.3) is 0 Å². The summed E-state index contributed by atoms with van der Waals surface area (Å²) in [5.41, 5.74) is 12.0. The van der Waals surface area contributed by atoms with E-state index in [1.165, 1.54) is 16.7 Å². The number of nitrogens with two attached hydrogens (primary N) is 1. The third-order valence-corrected chi connectivity index (χ3v) is 3.44. The molecule has 0 amide bonds. The first-order valence-electron chi connectivity index (χ1n) is 6.63. The fraction of sp³-hybridized carbons (Fsp3) is 0.438. The summed E-state index contributed by atoms with van der Waals surface area (Å²) in [6.45, 7) is 12.7. The number of nitrogen functional groups attached to an aromatic ring is 1. The number of imidazole rings is 1. The molecule has 0 radical (unpaired) electrons. The summed E-state index contributed by atoms with van der Waals surface area (Å²) in [5, 5.41) is 0. The van der Waals surface area contributed by atoms with Gasteiger partial charge in [0.2, 0.25) is 0 Å². The highest BCUT2D eigenvalue weighted by molar-refractivity contribution is 5.76. The molecule has 19 heavy (non-hydrogen) atoms. The minimum atomic E-state index is -0.0537. The average Bonchev–Trinajstić information content (AvgIpc) is 2.58. The molecule has 1 aromatic carbocycles. The quantitative estimate of drug-likeness (QED) is 0.844. The smallest absolute Gasteiger partial charge is 0.132 e.